The van der Waals surface area contributed by atoms with Gasteiger partial charge in [-0.1, -0.05) is 48.5 Å². The summed E-state index contributed by atoms with van der Waals surface area (Å²) in [5, 5.41) is 23.2. The lowest BCUT2D eigenvalue weighted by molar-refractivity contribution is -0.192. The van der Waals surface area contributed by atoms with E-state index < -0.39 is 23.7 Å². The van der Waals surface area contributed by atoms with Gasteiger partial charge in [0, 0.05) is 41.1 Å². The lowest BCUT2D eigenvalue weighted by Crippen LogP contribution is -2.34. The minimum absolute atomic E-state index is 0.136. The van der Waals surface area contributed by atoms with Crippen LogP contribution in [0.4, 0.5) is 19.0 Å². The van der Waals surface area contributed by atoms with E-state index >= 15 is 0 Å². The number of benzene rings is 2. The number of carboxylic acid groups (broad SMARTS) is 2. The number of aromatic nitrogens is 4. The summed E-state index contributed by atoms with van der Waals surface area (Å²) in [5.74, 6) is -3.94. The van der Waals surface area contributed by atoms with Crippen LogP contribution in [0.2, 0.25) is 0 Å². The zero-order valence-electron chi connectivity index (χ0n) is 24.6. The highest BCUT2D eigenvalue weighted by molar-refractivity contribution is 5.80. The first kappa shape index (κ1) is 33.9. The summed E-state index contributed by atoms with van der Waals surface area (Å²) in [4.78, 5) is 58.4. The first-order valence-electron chi connectivity index (χ1n) is 14.1. The van der Waals surface area contributed by atoms with Gasteiger partial charge in [-0.15, -0.1) is 0 Å². The molecule has 0 aliphatic rings. The number of alkyl halides is 3. The average molecular weight is 651 g/mol. The third-order valence-electron chi connectivity index (χ3n) is 6.68. The molecule has 5 aromatic rings. The van der Waals surface area contributed by atoms with Gasteiger partial charge in [-0.2, -0.15) is 13.2 Å². The molecule has 5 rings (SSSR count). The second-order valence-corrected chi connectivity index (χ2v) is 10.2. The van der Waals surface area contributed by atoms with E-state index in [1.807, 2.05) is 42.5 Å². The Labute approximate surface area is 264 Å². The number of nitrogens with one attached hydrogen (secondary N) is 3. The molecule has 12 nitrogen and oxygen atoms in total. The Kier molecular flexibility index (Phi) is 11.1. The number of carboxylic acids is 2. The number of pyridine rings is 1. The molecule has 0 aliphatic heterocycles. The number of hydrogen-bond donors (Lipinski definition) is 5. The highest BCUT2D eigenvalue weighted by Crippen LogP contribution is 2.20. The van der Waals surface area contributed by atoms with Gasteiger partial charge in [0.15, 0.2) is 5.82 Å². The van der Waals surface area contributed by atoms with Crippen LogP contribution in [0.5, 0.6) is 0 Å². The number of anilines is 1. The van der Waals surface area contributed by atoms with Crippen molar-refractivity contribution in [2.75, 3.05) is 11.9 Å². The number of aliphatic carboxylic acids is 2. The van der Waals surface area contributed by atoms with E-state index in [0.29, 0.717) is 29.8 Å². The van der Waals surface area contributed by atoms with Gasteiger partial charge in [-0.05, 0) is 35.7 Å². The van der Waals surface area contributed by atoms with Gasteiger partial charge < -0.3 is 25.8 Å². The first-order valence-corrected chi connectivity index (χ1v) is 14.1. The fraction of sp³-hybridized carbons (Fsp3) is 0.188. The Morgan fingerprint density at radius 1 is 0.936 bits per heavy atom. The third kappa shape index (κ3) is 9.75. The molecule has 0 aliphatic carbocycles. The van der Waals surface area contributed by atoms with Gasteiger partial charge in [0.25, 0.3) is 5.56 Å². The van der Waals surface area contributed by atoms with Crippen LogP contribution in [-0.4, -0.2) is 60.3 Å². The topological polar surface area (TPSA) is 179 Å². The second-order valence-electron chi connectivity index (χ2n) is 10.2. The minimum atomic E-state index is -5.08. The molecule has 1 amide bonds. The summed E-state index contributed by atoms with van der Waals surface area (Å²) < 4.78 is 33.1. The number of halogens is 3. The lowest BCUT2D eigenvalue weighted by Gasteiger charge is -2.15. The number of nitrogens with zero attached hydrogens (tertiary/aromatic N) is 3. The van der Waals surface area contributed by atoms with Gasteiger partial charge in [0.05, 0.1) is 24.9 Å². The summed E-state index contributed by atoms with van der Waals surface area (Å²) >= 11 is 0. The van der Waals surface area contributed by atoms with E-state index in [2.05, 4.69) is 25.6 Å². The number of rotatable bonds is 11. The number of fused-ring (bicyclic) bond motifs is 1. The molecule has 2 aromatic carbocycles. The second kappa shape index (κ2) is 15.3. The number of H-pyrrole nitrogens is 1. The number of carbonyl (C=O) groups is 3. The molecule has 0 saturated carbocycles. The van der Waals surface area contributed by atoms with Crippen molar-refractivity contribution in [3.05, 3.63) is 112 Å². The quantitative estimate of drug-likeness (QED) is 0.141. The zero-order chi connectivity index (χ0) is 34.0. The van der Waals surface area contributed by atoms with Gasteiger partial charge in [0.1, 0.15) is 6.54 Å². The Balaban J connectivity index is 0.000000644. The average Bonchev–Trinajstić information content (AvgIpc) is 3.45. The maximum absolute atomic E-state index is 13.5. The molecule has 0 saturated heterocycles. The predicted octanol–water partition coefficient (Wildman–Crippen LogP) is 4.02. The van der Waals surface area contributed by atoms with E-state index in [1.54, 1.807) is 36.7 Å². The Morgan fingerprint density at radius 2 is 1.66 bits per heavy atom. The highest BCUT2D eigenvalue weighted by Gasteiger charge is 2.38. The lowest BCUT2D eigenvalue weighted by atomic mass is 10.1. The Bertz CT molecular complexity index is 1890. The van der Waals surface area contributed by atoms with E-state index in [4.69, 9.17) is 9.90 Å². The fourth-order valence-corrected chi connectivity index (χ4v) is 4.50. The third-order valence-corrected chi connectivity index (χ3v) is 6.68. The van der Waals surface area contributed by atoms with Crippen molar-refractivity contribution >= 4 is 34.6 Å². The summed E-state index contributed by atoms with van der Waals surface area (Å²) in [6.07, 6.45) is 0.414. The van der Waals surface area contributed by atoms with Crippen molar-refractivity contribution in [2.24, 2.45) is 0 Å². The van der Waals surface area contributed by atoms with E-state index in [0.717, 1.165) is 22.2 Å². The summed E-state index contributed by atoms with van der Waals surface area (Å²) in [5.41, 5.74) is 3.98. The van der Waals surface area contributed by atoms with Crippen molar-refractivity contribution in [3.8, 4) is 11.3 Å². The summed E-state index contributed by atoms with van der Waals surface area (Å²) in [7, 11) is 0. The molecular formula is C32H29F3N6O6. The Morgan fingerprint density at radius 3 is 2.34 bits per heavy atom. The molecule has 0 fully saturated rings. The molecule has 15 heteroatoms. The van der Waals surface area contributed by atoms with Crippen LogP contribution in [0.3, 0.4) is 0 Å². The fourth-order valence-electron chi connectivity index (χ4n) is 4.50. The smallest absolute Gasteiger partial charge is 0.481 e. The van der Waals surface area contributed by atoms with Crippen molar-refractivity contribution in [3.63, 3.8) is 0 Å². The van der Waals surface area contributed by atoms with Crippen LogP contribution >= 0.6 is 0 Å². The van der Waals surface area contributed by atoms with Gasteiger partial charge in [-0.3, -0.25) is 23.9 Å². The summed E-state index contributed by atoms with van der Waals surface area (Å²) in [6, 6.07) is 20.5. The zero-order valence-corrected chi connectivity index (χ0v) is 24.6. The van der Waals surface area contributed by atoms with Crippen LogP contribution in [0.1, 0.15) is 16.8 Å². The molecule has 47 heavy (non-hydrogen) atoms. The molecule has 3 heterocycles. The van der Waals surface area contributed by atoms with Crippen LogP contribution in [-0.2, 0) is 40.3 Å². The van der Waals surface area contributed by atoms with Crippen LogP contribution in [0, 0.1) is 0 Å². The standard InChI is InChI=1S/C30H28N6O4.C2HF3O2/c37-27(33-17-24-15-23-16-31-11-10-25(23)35-24)19-36-26(22-8-4-7-21(13-22)14-28(38)39)18-34-29(30(36)40)32-12-9-20-5-2-1-3-6-20;3-2(4,5)1(6)7/h1-8,10-11,13,15-16,18,35H,9,12,14,17,19H2,(H,32,34)(H,33,37)(H,38,39);(H,6,7). The maximum Gasteiger partial charge on any atom is 0.490 e. The van der Waals surface area contributed by atoms with Crippen LogP contribution in [0.25, 0.3) is 22.2 Å². The van der Waals surface area contributed by atoms with Crippen molar-refractivity contribution in [1.29, 1.82) is 0 Å². The normalized spacial score (nSPS) is 11.0. The molecule has 0 unspecified atom stereocenters. The number of aromatic amines is 1. The summed E-state index contributed by atoms with van der Waals surface area (Å²) in [6.45, 7) is 0.495. The maximum atomic E-state index is 13.5. The predicted molar refractivity (Wildman–Crippen MR) is 166 cm³/mol. The van der Waals surface area contributed by atoms with Crippen molar-refractivity contribution in [2.45, 2.75) is 32.1 Å². The van der Waals surface area contributed by atoms with Gasteiger partial charge in [0.2, 0.25) is 5.91 Å². The molecule has 0 spiro atoms. The minimum Gasteiger partial charge on any atom is -0.481 e. The van der Waals surface area contributed by atoms with Crippen molar-refractivity contribution < 1.29 is 37.8 Å². The first-order chi connectivity index (χ1) is 22.4. The molecular weight excluding hydrogens is 621 g/mol. The molecule has 3 aromatic heterocycles. The number of carbonyl (C=O) groups excluding carboxylic acids is 1. The van der Waals surface area contributed by atoms with Gasteiger partial charge >= 0.3 is 18.1 Å². The van der Waals surface area contributed by atoms with Gasteiger partial charge in [-0.25, -0.2) is 9.78 Å². The molecule has 0 atom stereocenters. The van der Waals surface area contributed by atoms with E-state index in [-0.39, 0.29) is 31.2 Å². The Hall–Kier alpha value is -5.99. The van der Waals surface area contributed by atoms with Crippen LogP contribution < -0.4 is 16.2 Å². The number of amides is 1. The van der Waals surface area contributed by atoms with Crippen molar-refractivity contribution in [1.82, 2.24) is 24.8 Å². The monoisotopic (exact) mass is 650 g/mol. The SMILES string of the molecule is O=C(O)C(F)(F)F.O=C(O)Cc1cccc(-c2cnc(NCCc3ccccc3)c(=O)n2CC(=O)NCc2cc3cnccc3[nH]2)c1. The highest BCUT2D eigenvalue weighted by atomic mass is 19.4. The molecule has 0 radical (unpaired) electrons. The van der Waals surface area contributed by atoms with Crippen LogP contribution in [0.15, 0.2) is 90.1 Å². The number of hydrogen-bond acceptors (Lipinski definition) is 7. The van der Waals surface area contributed by atoms with E-state index in [1.165, 1.54) is 10.8 Å². The molecule has 244 valence electrons. The van der Waals surface area contributed by atoms with E-state index in [9.17, 15) is 32.7 Å². The largest absolute Gasteiger partial charge is 0.490 e. The molecule has 5 N–H and O–H groups in total. The molecule has 0 bridgehead atoms.